The summed E-state index contributed by atoms with van der Waals surface area (Å²) < 4.78 is 0. The van der Waals surface area contributed by atoms with E-state index in [1.54, 1.807) is 0 Å². The summed E-state index contributed by atoms with van der Waals surface area (Å²) in [6.45, 7) is 1.08. The minimum absolute atomic E-state index is 0. The van der Waals surface area contributed by atoms with Crippen LogP contribution in [0.15, 0.2) is 0 Å². The van der Waals surface area contributed by atoms with Gasteiger partial charge in [-0.15, -0.1) is 15.8 Å². The van der Waals surface area contributed by atoms with E-state index in [0.29, 0.717) is 0 Å². The first-order valence-corrected chi connectivity index (χ1v) is 24.7. The van der Waals surface area contributed by atoms with Crippen LogP contribution in [0.4, 0.5) is 0 Å². The van der Waals surface area contributed by atoms with Gasteiger partial charge < -0.3 is 44.7 Å². The SMILES string of the molecule is CC(=O)O.O=C([O-])CCCCCCCCP(CCCCCCCCC(=O)[O-])CCCP(CCCCCCCCC(=O)[O-])CCCCCCCCC(=O)[O-].[Pd+2].[Pd+2]. The Morgan fingerprint density at radius 3 is 0.655 bits per heavy atom. The van der Waals surface area contributed by atoms with Crippen molar-refractivity contribution in [1.82, 2.24) is 0 Å². The van der Waals surface area contributed by atoms with Crippen LogP contribution in [0, 0.1) is 0 Å². The quantitative estimate of drug-likeness (QED) is 0.0410. The Labute approximate surface area is 364 Å². The van der Waals surface area contributed by atoms with Crippen molar-refractivity contribution in [2.45, 2.75) is 193 Å². The number of carboxylic acid groups (broad SMARTS) is 5. The predicted molar refractivity (Wildman–Crippen MR) is 210 cm³/mol. The van der Waals surface area contributed by atoms with Crippen LogP contribution in [-0.2, 0) is 64.8 Å². The summed E-state index contributed by atoms with van der Waals surface area (Å²) in [4.78, 5) is 51.5. The van der Waals surface area contributed by atoms with E-state index >= 15 is 0 Å². The largest absolute Gasteiger partial charge is 2.00 e. The zero-order valence-corrected chi connectivity index (χ0v) is 38.8. The molecule has 0 heterocycles. The number of carboxylic acids is 5. The van der Waals surface area contributed by atoms with Crippen LogP contribution >= 0.6 is 15.8 Å². The van der Waals surface area contributed by atoms with Gasteiger partial charge in [0.2, 0.25) is 0 Å². The zero-order valence-electron chi connectivity index (χ0n) is 33.9. The molecule has 0 spiro atoms. The van der Waals surface area contributed by atoms with E-state index in [1.165, 1.54) is 120 Å². The van der Waals surface area contributed by atoms with Gasteiger partial charge in [-0.3, -0.25) is 4.79 Å². The molecule has 328 valence electrons. The second-order valence-corrected chi connectivity index (χ2v) is 19.9. The molecule has 0 rings (SSSR count). The first-order chi connectivity index (χ1) is 25.4. The van der Waals surface area contributed by atoms with E-state index in [0.717, 1.165) is 84.0 Å². The summed E-state index contributed by atoms with van der Waals surface area (Å²) in [6, 6.07) is 0. The van der Waals surface area contributed by atoms with Crippen molar-refractivity contribution in [3.05, 3.63) is 0 Å². The summed E-state index contributed by atoms with van der Waals surface area (Å²) in [5.41, 5.74) is 0. The average Bonchev–Trinajstić information content (AvgIpc) is 3.07. The Balaban J connectivity index is -0.00000205. The standard InChI is InChI=1S/C39H74O8P2.C2H4O2.2Pd/c40-36(41)26-17-9-1-5-13-21-30-48(31-22-14-6-2-10-18-27-37(42)43)34-25-35-49(32-23-15-7-3-11-19-28-38(44)45)33-24-16-8-4-12-20-29-39(46)47;1-2(3)4;;/h1-35H2,(H,40,41)(H,42,43)(H,44,45)(H,46,47);1H3,(H,3,4);;/q;;2*+2/p-4. The zero-order chi connectivity index (χ0) is 39.8. The van der Waals surface area contributed by atoms with Crippen LogP contribution < -0.4 is 20.4 Å². The predicted octanol–water partition coefficient (Wildman–Crippen LogP) is 6.35. The van der Waals surface area contributed by atoms with Gasteiger partial charge >= 0.3 is 40.8 Å². The summed E-state index contributed by atoms with van der Waals surface area (Å²) in [6.07, 6.45) is 36.0. The maximum atomic E-state index is 10.6. The van der Waals surface area contributed by atoms with E-state index < -0.39 is 29.8 Å². The van der Waals surface area contributed by atoms with Gasteiger partial charge in [-0.2, -0.15) is 0 Å². The summed E-state index contributed by atoms with van der Waals surface area (Å²) >= 11 is 0. The van der Waals surface area contributed by atoms with Gasteiger partial charge in [-0.05, 0) is 120 Å². The first-order valence-electron chi connectivity index (χ1n) is 20.9. The molecule has 0 atom stereocenters. The molecule has 0 aromatic heterocycles. The van der Waals surface area contributed by atoms with Gasteiger partial charge in [-0.1, -0.05) is 103 Å². The molecule has 0 fully saturated rings. The molecule has 0 aliphatic heterocycles. The van der Waals surface area contributed by atoms with E-state index in [-0.39, 0.29) is 82.4 Å². The molecule has 0 radical (unpaired) electrons. The molecular formula is C41H74O10P2Pd2. The number of hydrogen-bond acceptors (Lipinski definition) is 9. The van der Waals surface area contributed by atoms with E-state index in [4.69, 9.17) is 9.90 Å². The number of carbonyl (C=O) groups is 5. The van der Waals surface area contributed by atoms with Gasteiger partial charge in [0.05, 0.1) is 0 Å². The monoisotopic (exact) mass is 1000 g/mol. The van der Waals surface area contributed by atoms with Crippen molar-refractivity contribution < 1.29 is 90.4 Å². The van der Waals surface area contributed by atoms with Crippen LogP contribution in [0.2, 0.25) is 0 Å². The fourth-order valence-electron chi connectivity index (χ4n) is 6.44. The van der Waals surface area contributed by atoms with E-state index in [9.17, 15) is 39.6 Å². The van der Waals surface area contributed by atoms with Crippen molar-refractivity contribution >= 4 is 45.7 Å². The Morgan fingerprint density at radius 2 is 0.473 bits per heavy atom. The third-order valence-corrected chi connectivity index (χ3v) is 15.1. The maximum Gasteiger partial charge on any atom is 2.00 e. The van der Waals surface area contributed by atoms with Crippen molar-refractivity contribution in [2.24, 2.45) is 0 Å². The molecule has 0 saturated heterocycles. The molecular weight excluding hydrogens is 927 g/mol. The molecule has 0 amide bonds. The summed E-state index contributed by atoms with van der Waals surface area (Å²) in [5, 5.41) is 49.9. The molecule has 1 N–H and O–H groups in total. The molecule has 0 aromatic carbocycles. The van der Waals surface area contributed by atoms with Crippen LogP contribution in [0.3, 0.4) is 0 Å². The minimum atomic E-state index is -0.946. The van der Waals surface area contributed by atoms with Gasteiger partial charge in [0.15, 0.2) is 0 Å². The molecule has 0 saturated carbocycles. The molecule has 0 unspecified atom stereocenters. The molecule has 14 heteroatoms. The summed E-state index contributed by atoms with van der Waals surface area (Å²) in [7, 11) is 0.0466. The van der Waals surface area contributed by atoms with Crippen LogP contribution in [0.25, 0.3) is 0 Å². The van der Waals surface area contributed by atoms with E-state index in [2.05, 4.69) is 0 Å². The van der Waals surface area contributed by atoms with Crippen molar-refractivity contribution in [3.8, 4) is 0 Å². The third kappa shape index (κ3) is 57.9. The molecule has 10 nitrogen and oxygen atoms in total. The van der Waals surface area contributed by atoms with Crippen LogP contribution in [0.1, 0.15) is 193 Å². The molecule has 0 aromatic rings. The number of carbonyl (C=O) groups excluding carboxylic acids is 4. The molecule has 0 bridgehead atoms. The van der Waals surface area contributed by atoms with Gasteiger partial charge in [-0.25, -0.2) is 0 Å². The fourth-order valence-corrected chi connectivity index (χ4v) is 11.9. The number of unbranched alkanes of at least 4 members (excludes halogenated alkanes) is 20. The molecule has 0 aliphatic carbocycles. The molecule has 0 aliphatic rings. The van der Waals surface area contributed by atoms with Crippen LogP contribution in [0.5, 0.6) is 0 Å². The second kappa shape index (κ2) is 47.9. The fraction of sp³-hybridized carbons (Fsp3) is 0.878. The average molecular weight is 1000 g/mol. The van der Waals surface area contributed by atoms with Crippen molar-refractivity contribution in [1.29, 1.82) is 0 Å². The van der Waals surface area contributed by atoms with Gasteiger partial charge in [0.1, 0.15) is 0 Å². The Bertz CT molecular complexity index is 786. The van der Waals surface area contributed by atoms with Crippen molar-refractivity contribution in [3.63, 3.8) is 0 Å². The summed E-state index contributed by atoms with van der Waals surface area (Å²) in [5.74, 6) is -4.62. The topological polar surface area (TPSA) is 198 Å². The van der Waals surface area contributed by atoms with Crippen molar-refractivity contribution in [2.75, 3.05) is 37.0 Å². The number of hydrogen-bond donors (Lipinski definition) is 1. The minimum Gasteiger partial charge on any atom is -0.550 e. The van der Waals surface area contributed by atoms with Crippen LogP contribution in [-0.4, -0.2) is 71.9 Å². The number of aliphatic carboxylic acids is 5. The number of rotatable bonds is 40. The van der Waals surface area contributed by atoms with Gasteiger partial charge in [0.25, 0.3) is 5.97 Å². The Morgan fingerprint density at radius 1 is 0.327 bits per heavy atom. The Kier molecular flexibility index (Phi) is 53.3. The molecule has 55 heavy (non-hydrogen) atoms. The second-order valence-electron chi connectivity index (χ2n) is 14.5. The normalized spacial score (nSPS) is 10.7. The smallest absolute Gasteiger partial charge is 0.550 e. The maximum absolute atomic E-state index is 10.6. The third-order valence-electron chi connectivity index (χ3n) is 9.37. The van der Waals surface area contributed by atoms with Gasteiger partial charge in [0, 0.05) is 30.8 Å². The Hall–Kier alpha value is -0.465. The first kappa shape index (κ1) is 61.2. The van der Waals surface area contributed by atoms with E-state index in [1.807, 2.05) is 0 Å².